The lowest BCUT2D eigenvalue weighted by Gasteiger charge is -2.20. The Hall–Kier alpha value is -3.43. The number of aliphatic carboxylic acids is 1. The molecule has 3 aromatic rings. The fourth-order valence-corrected chi connectivity index (χ4v) is 5.49. The second-order valence-corrected chi connectivity index (χ2v) is 10.1. The van der Waals surface area contributed by atoms with Gasteiger partial charge < -0.3 is 9.84 Å². The monoisotopic (exact) mass is 526 g/mol. The van der Waals surface area contributed by atoms with Gasteiger partial charge in [0.2, 0.25) is 0 Å². The predicted octanol–water partition coefficient (Wildman–Crippen LogP) is 6.28. The third kappa shape index (κ3) is 5.78. The second kappa shape index (κ2) is 11.3. The Morgan fingerprint density at radius 1 is 1.24 bits per heavy atom. The molecular weight excluding hydrogens is 498 g/mol. The molecule has 0 saturated carbocycles. The van der Waals surface area contributed by atoms with E-state index >= 15 is 0 Å². The van der Waals surface area contributed by atoms with Crippen LogP contribution in [0.4, 0.5) is 13.9 Å². The average molecular weight is 527 g/mol. The van der Waals surface area contributed by atoms with Crippen molar-refractivity contribution in [3.63, 3.8) is 0 Å². The zero-order valence-electron chi connectivity index (χ0n) is 20.9. The molecule has 1 aliphatic rings. The quantitative estimate of drug-likeness (QED) is 0.320. The molecule has 1 heterocycles. The molecule has 6 nitrogen and oxygen atoms in total. The number of thiazole rings is 1. The minimum atomic E-state index is -1.29. The summed E-state index contributed by atoms with van der Waals surface area (Å²) in [4.78, 5) is 29.5. The number of rotatable bonds is 9. The number of fused-ring (bicyclic) bond motifs is 3. The normalized spacial score (nSPS) is 13.6. The Labute approximate surface area is 218 Å². The summed E-state index contributed by atoms with van der Waals surface area (Å²) in [6.45, 7) is 3.34. The van der Waals surface area contributed by atoms with Crippen molar-refractivity contribution in [2.24, 2.45) is 0 Å². The third-order valence-electron chi connectivity index (χ3n) is 6.61. The maximum atomic E-state index is 14.5. The molecule has 1 unspecified atom stereocenters. The van der Waals surface area contributed by atoms with Crippen LogP contribution in [0.5, 0.6) is 0 Å². The molecule has 4 rings (SSSR count). The minimum Gasteiger partial charge on any atom is -0.478 e. The summed E-state index contributed by atoms with van der Waals surface area (Å²) >= 11 is 1.35. The molecular formula is C28H28F2N2O4S. The molecule has 0 aliphatic heterocycles. The first-order chi connectivity index (χ1) is 17.7. The van der Waals surface area contributed by atoms with Crippen LogP contribution in [0.25, 0.3) is 17.3 Å². The lowest BCUT2D eigenvalue weighted by Crippen LogP contribution is -2.13. The molecule has 2 N–H and O–H groups in total. The number of methoxy groups -OCH3 is 1. The largest absolute Gasteiger partial charge is 0.478 e. The van der Waals surface area contributed by atoms with E-state index in [1.807, 2.05) is 12.1 Å². The van der Waals surface area contributed by atoms with Gasteiger partial charge in [0.25, 0.3) is 5.91 Å². The molecule has 194 valence electrons. The lowest BCUT2D eigenvalue weighted by atomic mass is 9.87. The van der Waals surface area contributed by atoms with Gasteiger partial charge in [-0.2, -0.15) is 0 Å². The molecule has 1 aliphatic carbocycles. The highest BCUT2D eigenvalue weighted by Crippen LogP contribution is 2.39. The van der Waals surface area contributed by atoms with Gasteiger partial charge in [-0.25, -0.2) is 18.6 Å². The van der Waals surface area contributed by atoms with Crippen LogP contribution in [0.2, 0.25) is 0 Å². The van der Waals surface area contributed by atoms with E-state index in [2.05, 4.69) is 23.3 Å². The Morgan fingerprint density at radius 3 is 2.62 bits per heavy atom. The molecule has 1 atom stereocenters. The molecule has 0 fully saturated rings. The van der Waals surface area contributed by atoms with Gasteiger partial charge in [-0.05, 0) is 68.4 Å². The summed E-state index contributed by atoms with van der Waals surface area (Å²) in [5.41, 5.74) is 3.44. The zero-order valence-corrected chi connectivity index (χ0v) is 21.7. The number of halogens is 2. The molecule has 0 radical (unpaired) electrons. The van der Waals surface area contributed by atoms with Crippen LogP contribution in [0.1, 0.15) is 58.6 Å². The number of hydrogen-bond acceptors (Lipinski definition) is 5. The number of ether oxygens (including phenoxy) is 1. The summed E-state index contributed by atoms with van der Waals surface area (Å²) in [6, 6.07) is 7.96. The van der Waals surface area contributed by atoms with E-state index < -0.39 is 29.1 Å². The number of hydrogen-bond donors (Lipinski definition) is 2. The molecule has 1 aromatic heterocycles. The first-order valence-corrected chi connectivity index (χ1v) is 12.9. The van der Waals surface area contributed by atoms with Gasteiger partial charge in [-0.3, -0.25) is 10.1 Å². The van der Waals surface area contributed by atoms with Gasteiger partial charge in [-0.15, -0.1) is 11.3 Å². The van der Waals surface area contributed by atoms with Crippen molar-refractivity contribution < 1.29 is 28.2 Å². The number of carboxylic acid groups (broad SMARTS) is 1. The second-order valence-electron chi connectivity index (χ2n) is 8.98. The number of benzene rings is 2. The molecule has 0 spiro atoms. The summed E-state index contributed by atoms with van der Waals surface area (Å²) in [7, 11) is 1.74. The maximum absolute atomic E-state index is 14.5. The lowest BCUT2D eigenvalue weighted by molar-refractivity contribution is -0.132. The maximum Gasteiger partial charge on any atom is 0.331 e. The first-order valence-electron chi connectivity index (χ1n) is 12.1. The molecule has 1 amide bonds. The van der Waals surface area contributed by atoms with Crippen molar-refractivity contribution in [1.82, 2.24) is 4.98 Å². The predicted molar refractivity (Wildman–Crippen MR) is 140 cm³/mol. The van der Waals surface area contributed by atoms with Crippen molar-refractivity contribution in [3.8, 4) is 11.3 Å². The summed E-state index contributed by atoms with van der Waals surface area (Å²) in [5.74, 6) is -4.04. The van der Waals surface area contributed by atoms with E-state index in [0.29, 0.717) is 5.13 Å². The van der Waals surface area contributed by atoms with E-state index in [-0.39, 0.29) is 17.2 Å². The standard InChI is InChI=1S/C28H28F2N2O4S/c1-4-18(36-3)9-8-16-6-5-7-20-19(16)10-11-24-25(20)31-28(37-24)32-26(33)17-13-22(29)21(23(30)14-17)12-15(2)27(34)35/h5-7,12-14,18H,4,8-11H2,1-3H3,(H,34,35)(H,31,32,33). The van der Waals surface area contributed by atoms with Crippen LogP contribution >= 0.6 is 11.3 Å². The summed E-state index contributed by atoms with van der Waals surface area (Å²) in [5, 5.41) is 12.0. The van der Waals surface area contributed by atoms with Crippen LogP contribution in [-0.2, 0) is 28.8 Å². The number of aryl methyl sites for hydroxylation is 2. The molecule has 2 aromatic carbocycles. The average Bonchev–Trinajstić information content (AvgIpc) is 3.29. The highest BCUT2D eigenvalue weighted by atomic mass is 32.1. The Kier molecular flexibility index (Phi) is 8.14. The number of nitrogens with zero attached hydrogens (tertiary/aromatic N) is 1. The van der Waals surface area contributed by atoms with Crippen molar-refractivity contribution in [1.29, 1.82) is 0 Å². The van der Waals surface area contributed by atoms with E-state index in [0.717, 1.165) is 66.4 Å². The van der Waals surface area contributed by atoms with E-state index in [1.165, 1.54) is 29.4 Å². The fraction of sp³-hybridized carbons (Fsp3) is 0.321. The number of nitrogens with one attached hydrogen (secondary N) is 1. The minimum absolute atomic E-state index is 0.219. The Balaban J connectivity index is 1.55. The topological polar surface area (TPSA) is 88.5 Å². The van der Waals surface area contributed by atoms with Gasteiger partial charge in [0, 0.05) is 34.3 Å². The van der Waals surface area contributed by atoms with Gasteiger partial charge in [-0.1, -0.05) is 25.1 Å². The van der Waals surface area contributed by atoms with E-state index in [4.69, 9.17) is 9.84 Å². The molecule has 0 saturated heterocycles. The van der Waals surface area contributed by atoms with Crippen LogP contribution < -0.4 is 5.32 Å². The van der Waals surface area contributed by atoms with Gasteiger partial charge in [0.05, 0.1) is 11.8 Å². The van der Waals surface area contributed by atoms with Crippen LogP contribution in [0.15, 0.2) is 35.9 Å². The van der Waals surface area contributed by atoms with Crippen molar-refractivity contribution >= 4 is 34.4 Å². The molecule has 37 heavy (non-hydrogen) atoms. The van der Waals surface area contributed by atoms with Gasteiger partial charge in [0.15, 0.2) is 5.13 Å². The molecule has 0 bridgehead atoms. The Bertz CT molecular complexity index is 1360. The van der Waals surface area contributed by atoms with Gasteiger partial charge in [0.1, 0.15) is 11.6 Å². The van der Waals surface area contributed by atoms with Crippen LogP contribution in [-0.4, -0.2) is 35.2 Å². The smallest absolute Gasteiger partial charge is 0.331 e. The van der Waals surface area contributed by atoms with Crippen LogP contribution in [0, 0.1) is 11.6 Å². The number of carbonyl (C=O) groups excluding carboxylic acids is 1. The van der Waals surface area contributed by atoms with Crippen LogP contribution in [0.3, 0.4) is 0 Å². The number of amides is 1. The number of anilines is 1. The highest BCUT2D eigenvalue weighted by Gasteiger charge is 2.24. The summed E-state index contributed by atoms with van der Waals surface area (Å²) < 4.78 is 34.5. The first kappa shape index (κ1) is 26.6. The van der Waals surface area contributed by atoms with Crippen molar-refractivity contribution in [2.75, 3.05) is 12.4 Å². The number of carbonyl (C=O) groups is 2. The highest BCUT2D eigenvalue weighted by molar-refractivity contribution is 7.16. The SMILES string of the molecule is CCC(CCc1cccc2c1CCc1sc(NC(=O)c3cc(F)c(C=C(C)C(=O)O)c(F)c3)nc1-2)OC. The molecule has 9 heteroatoms. The Morgan fingerprint density at radius 2 is 1.97 bits per heavy atom. The summed E-state index contributed by atoms with van der Waals surface area (Å²) in [6.07, 6.45) is 5.59. The number of aromatic nitrogens is 1. The van der Waals surface area contributed by atoms with E-state index in [1.54, 1.807) is 7.11 Å². The van der Waals surface area contributed by atoms with E-state index in [9.17, 15) is 18.4 Å². The van der Waals surface area contributed by atoms with Crippen molar-refractivity contribution in [2.45, 2.75) is 52.1 Å². The van der Waals surface area contributed by atoms with Gasteiger partial charge >= 0.3 is 5.97 Å². The van der Waals surface area contributed by atoms with Crippen molar-refractivity contribution in [3.05, 3.63) is 74.7 Å². The number of carboxylic acids is 1. The zero-order chi connectivity index (χ0) is 26.7. The fourth-order valence-electron chi connectivity index (χ4n) is 4.52. The third-order valence-corrected chi connectivity index (χ3v) is 7.64.